The number of nitrogens with zero attached hydrogens (tertiary/aromatic N) is 2. The number of carboxylic acids is 1. The summed E-state index contributed by atoms with van der Waals surface area (Å²) in [5.41, 5.74) is 5.25. The summed E-state index contributed by atoms with van der Waals surface area (Å²) in [6.07, 6.45) is 3.46. The van der Waals surface area contributed by atoms with Gasteiger partial charge in [0.2, 0.25) is 5.91 Å². The molecule has 0 aliphatic carbocycles. The zero-order valence-electron chi connectivity index (χ0n) is 15.1. The number of benzene rings is 1. The lowest BCUT2D eigenvalue weighted by atomic mass is 9.98. The predicted octanol–water partition coefficient (Wildman–Crippen LogP) is 1.38. The minimum Gasteiger partial charge on any atom is -0.490 e. The van der Waals surface area contributed by atoms with Gasteiger partial charge in [-0.15, -0.1) is 0 Å². The standard InChI is InChI=1S/C19H23N3O5/c1-26-18(10-17(20)23)22-7-5-15(9-16(22)19(24)25)27-14-3-2-13-11-21-6-4-12(13)8-14/h2-4,6,8,11,15-16,18H,5,7,9-10H2,1H3,(H2,20,23)(H,24,25)/t15-,16-,18?/m0/s1. The van der Waals surface area contributed by atoms with Crippen LogP contribution in [0.25, 0.3) is 10.8 Å². The number of aromatic nitrogens is 1. The Morgan fingerprint density at radius 1 is 1.37 bits per heavy atom. The van der Waals surface area contributed by atoms with E-state index in [-0.39, 0.29) is 12.5 Å². The van der Waals surface area contributed by atoms with E-state index in [2.05, 4.69) is 4.98 Å². The molecule has 0 spiro atoms. The second-order valence-corrected chi connectivity index (χ2v) is 6.60. The number of nitrogens with two attached hydrogens (primary N) is 1. The van der Waals surface area contributed by atoms with Gasteiger partial charge in [-0.05, 0) is 36.1 Å². The number of likely N-dealkylation sites (tertiary alicyclic amines) is 1. The minimum atomic E-state index is -0.973. The zero-order valence-corrected chi connectivity index (χ0v) is 15.1. The van der Waals surface area contributed by atoms with Gasteiger partial charge >= 0.3 is 5.97 Å². The van der Waals surface area contributed by atoms with E-state index in [9.17, 15) is 14.7 Å². The average Bonchev–Trinajstić information content (AvgIpc) is 2.66. The molecule has 3 atom stereocenters. The molecule has 1 fully saturated rings. The Labute approximate surface area is 156 Å². The van der Waals surface area contributed by atoms with Crippen molar-refractivity contribution in [1.29, 1.82) is 0 Å². The quantitative estimate of drug-likeness (QED) is 0.753. The molecule has 1 saturated heterocycles. The number of hydrogen-bond donors (Lipinski definition) is 2. The molecule has 2 heterocycles. The Hall–Kier alpha value is -2.71. The number of hydrogen-bond acceptors (Lipinski definition) is 6. The predicted molar refractivity (Wildman–Crippen MR) is 98.1 cm³/mol. The van der Waals surface area contributed by atoms with E-state index in [4.69, 9.17) is 15.2 Å². The summed E-state index contributed by atoms with van der Waals surface area (Å²) in [6, 6.07) is 6.80. The number of methoxy groups -OCH3 is 1. The second-order valence-electron chi connectivity index (χ2n) is 6.60. The van der Waals surface area contributed by atoms with Crippen LogP contribution in [0.1, 0.15) is 19.3 Å². The summed E-state index contributed by atoms with van der Waals surface area (Å²) in [5, 5.41) is 11.7. The van der Waals surface area contributed by atoms with Crippen LogP contribution in [0.15, 0.2) is 36.7 Å². The molecule has 1 aliphatic heterocycles. The normalized spacial score (nSPS) is 21.7. The number of pyridine rings is 1. The molecule has 144 valence electrons. The Balaban J connectivity index is 1.71. The highest BCUT2D eigenvalue weighted by atomic mass is 16.5. The van der Waals surface area contributed by atoms with E-state index >= 15 is 0 Å². The van der Waals surface area contributed by atoms with E-state index in [1.165, 1.54) is 7.11 Å². The molecule has 0 bridgehead atoms. The van der Waals surface area contributed by atoms with Crippen molar-refractivity contribution in [3.8, 4) is 5.75 Å². The number of primary amides is 1. The summed E-state index contributed by atoms with van der Waals surface area (Å²) in [5.74, 6) is -0.814. The fourth-order valence-corrected chi connectivity index (χ4v) is 3.48. The van der Waals surface area contributed by atoms with E-state index in [1.54, 1.807) is 17.3 Å². The van der Waals surface area contributed by atoms with Crippen LogP contribution in [0.5, 0.6) is 5.75 Å². The van der Waals surface area contributed by atoms with Crippen LogP contribution in [0.3, 0.4) is 0 Å². The first-order valence-corrected chi connectivity index (χ1v) is 8.78. The van der Waals surface area contributed by atoms with Crippen LogP contribution in [0.2, 0.25) is 0 Å². The lowest BCUT2D eigenvalue weighted by molar-refractivity contribution is -0.158. The van der Waals surface area contributed by atoms with Gasteiger partial charge < -0.3 is 20.3 Å². The molecule has 8 nitrogen and oxygen atoms in total. The Morgan fingerprint density at radius 3 is 2.89 bits per heavy atom. The maximum atomic E-state index is 11.8. The van der Waals surface area contributed by atoms with Crippen molar-refractivity contribution in [2.24, 2.45) is 5.73 Å². The van der Waals surface area contributed by atoms with E-state index in [1.807, 2.05) is 24.3 Å². The third kappa shape index (κ3) is 4.53. The van der Waals surface area contributed by atoms with Crippen molar-refractivity contribution in [3.63, 3.8) is 0 Å². The molecule has 0 radical (unpaired) electrons. The summed E-state index contributed by atoms with van der Waals surface area (Å²) in [6.45, 7) is 0.435. The van der Waals surface area contributed by atoms with Gasteiger partial charge in [0.25, 0.3) is 0 Å². The van der Waals surface area contributed by atoms with Crippen molar-refractivity contribution in [2.45, 2.75) is 37.6 Å². The van der Waals surface area contributed by atoms with Crippen molar-refractivity contribution in [2.75, 3.05) is 13.7 Å². The molecular weight excluding hydrogens is 350 g/mol. The highest BCUT2D eigenvalue weighted by molar-refractivity contribution is 5.82. The van der Waals surface area contributed by atoms with Crippen molar-refractivity contribution in [1.82, 2.24) is 9.88 Å². The van der Waals surface area contributed by atoms with Gasteiger partial charge in [-0.2, -0.15) is 0 Å². The fraction of sp³-hybridized carbons (Fsp3) is 0.421. The number of aliphatic carboxylic acids is 1. The first kappa shape index (κ1) is 19.1. The minimum absolute atomic E-state index is 0.0511. The smallest absolute Gasteiger partial charge is 0.321 e. The molecule has 1 aromatic heterocycles. The second kappa shape index (κ2) is 8.32. The monoisotopic (exact) mass is 373 g/mol. The SMILES string of the molecule is COC(CC(N)=O)N1CC[C@H](Oc2ccc3cnccc3c2)C[C@H]1C(=O)O. The van der Waals surface area contributed by atoms with Gasteiger partial charge in [0.1, 0.15) is 24.1 Å². The molecule has 1 aromatic carbocycles. The fourth-order valence-electron chi connectivity index (χ4n) is 3.48. The molecule has 3 rings (SSSR count). The first-order valence-electron chi connectivity index (χ1n) is 8.78. The van der Waals surface area contributed by atoms with Gasteiger partial charge in [-0.25, -0.2) is 0 Å². The van der Waals surface area contributed by atoms with Crippen molar-refractivity contribution < 1.29 is 24.2 Å². The summed E-state index contributed by atoms with van der Waals surface area (Å²) in [4.78, 5) is 28.8. The Kier molecular flexibility index (Phi) is 5.88. The third-order valence-electron chi connectivity index (χ3n) is 4.81. The van der Waals surface area contributed by atoms with Crippen LogP contribution in [-0.2, 0) is 14.3 Å². The number of amides is 1. The Bertz CT molecular complexity index is 828. The van der Waals surface area contributed by atoms with Crippen LogP contribution in [0.4, 0.5) is 0 Å². The van der Waals surface area contributed by atoms with Crippen LogP contribution < -0.4 is 10.5 Å². The summed E-state index contributed by atoms with van der Waals surface area (Å²) < 4.78 is 11.3. The van der Waals surface area contributed by atoms with E-state index in [0.717, 1.165) is 10.8 Å². The number of fused-ring (bicyclic) bond motifs is 1. The lowest BCUT2D eigenvalue weighted by Gasteiger charge is -2.40. The van der Waals surface area contributed by atoms with Gasteiger partial charge in [0.05, 0.1) is 6.42 Å². The number of carbonyl (C=O) groups excluding carboxylic acids is 1. The topological polar surface area (TPSA) is 115 Å². The maximum absolute atomic E-state index is 11.8. The van der Waals surface area contributed by atoms with Gasteiger partial charge in [-0.1, -0.05) is 0 Å². The van der Waals surface area contributed by atoms with Crippen LogP contribution >= 0.6 is 0 Å². The van der Waals surface area contributed by atoms with E-state index in [0.29, 0.717) is 25.1 Å². The maximum Gasteiger partial charge on any atom is 0.321 e. The highest BCUT2D eigenvalue weighted by Crippen LogP contribution is 2.27. The van der Waals surface area contributed by atoms with Gasteiger partial charge in [0.15, 0.2) is 0 Å². The first-order chi connectivity index (χ1) is 13.0. The number of piperidine rings is 1. The summed E-state index contributed by atoms with van der Waals surface area (Å²) in [7, 11) is 1.44. The Morgan fingerprint density at radius 2 is 2.19 bits per heavy atom. The molecule has 1 aliphatic rings. The molecular formula is C19H23N3O5. The van der Waals surface area contributed by atoms with Gasteiger partial charge in [0, 0.05) is 37.9 Å². The number of carboxylic acid groups (broad SMARTS) is 1. The number of carbonyl (C=O) groups is 2. The molecule has 8 heteroatoms. The molecule has 3 N–H and O–H groups in total. The van der Waals surface area contributed by atoms with Crippen molar-refractivity contribution in [3.05, 3.63) is 36.7 Å². The van der Waals surface area contributed by atoms with Crippen molar-refractivity contribution >= 4 is 22.6 Å². The van der Waals surface area contributed by atoms with Crippen LogP contribution in [0, 0.1) is 0 Å². The third-order valence-corrected chi connectivity index (χ3v) is 4.81. The molecule has 1 amide bonds. The van der Waals surface area contributed by atoms with Crippen LogP contribution in [-0.4, -0.2) is 58.9 Å². The molecule has 0 saturated carbocycles. The molecule has 27 heavy (non-hydrogen) atoms. The highest BCUT2D eigenvalue weighted by Gasteiger charge is 2.38. The van der Waals surface area contributed by atoms with Gasteiger partial charge in [-0.3, -0.25) is 19.5 Å². The average molecular weight is 373 g/mol. The lowest BCUT2D eigenvalue weighted by Crippen LogP contribution is -2.55. The molecule has 1 unspecified atom stereocenters. The largest absolute Gasteiger partial charge is 0.490 e. The summed E-state index contributed by atoms with van der Waals surface area (Å²) >= 11 is 0. The number of rotatable bonds is 7. The number of ether oxygens (including phenoxy) is 2. The molecule has 2 aromatic rings. The van der Waals surface area contributed by atoms with E-state index < -0.39 is 24.1 Å². The zero-order chi connectivity index (χ0) is 19.4.